The maximum atomic E-state index is 12.0. The molecule has 1 unspecified atom stereocenters. The van der Waals surface area contributed by atoms with Crippen molar-refractivity contribution in [1.29, 1.82) is 0 Å². The van der Waals surface area contributed by atoms with Crippen molar-refractivity contribution in [3.8, 4) is 0 Å². The summed E-state index contributed by atoms with van der Waals surface area (Å²) in [6.45, 7) is 7.84. The third-order valence-corrected chi connectivity index (χ3v) is 7.61. The summed E-state index contributed by atoms with van der Waals surface area (Å²) in [5, 5.41) is 14.5. The van der Waals surface area contributed by atoms with Gasteiger partial charge in [-0.1, -0.05) is 25.6 Å². The number of primary amides is 1. The minimum absolute atomic E-state index is 0.0119. The first-order valence-electron chi connectivity index (χ1n) is 12.5. The first-order valence-corrected chi connectivity index (χ1v) is 12.5. The Bertz CT molecular complexity index is 1100. The van der Waals surface area contributed by atoms with Crippen LogP contribution in [0.15, 0.2) is 36.9 Å². The van der Waals surface area contributed by atoms with Crippen LogP contribution in [0.25, 0.3) is 0 Å². The minimum atomic E-state index is -0.698. The van der Waals surface area contributed by atoms with Gasteiger partial charge in [0.2, 0.25) is 11.9 Å². The van der Waals surface area contributed by atoms with E-state index in [1.807, 2.05) is 24.1 Å². The van der Waals surface area contributed by atoms with E-state index in [4.69, 9.17) is 5.73 Å². The molecule has 2 aliphatic rings. The summed E-state index contributed by atoms with van der Waals surface area (Å²) in [5.41, 5.74) is 7.66. The Hall–Kier alpha value is -3.53. The van der Waals surface area contributed by atoms with Gasteiger partial charge in [-0.2, -0.15) is 4.98 Å². The number of aromatic nitrogens is 3. The molecule has 4 rings (SSSR count). The van der Waals surface area contributed by atoms with E-state index >= 15 is 0 Å². The second kappa shape index (κ2) is 11.0. The van der Waals surface area contributed by atoms with Gasteiger partial charge >= 0.3 is 0 Å². The number of nitrogens with one attached hydrogen (secondary N) is 2. The Morgan fingerprint density at radius 2 is 1.83 bits per heavy atom. The number of carbonyl (C=O) groups excluding carboxylic acids is 2. The Labute approximate surface area is 212 Å². The van der Waals surface area contributed by atoms with Crippen molar-refractivity contribution >= 4 is 29.3 Å². The Kier molecular flexibility index (Phi) is 7.83. The fourth-order valence-corrected chi connectivity index (χ4v) is 5.32. The molecule has 1 aliphatic heterocycles. The van der Waals surface area contributed by atoms with Crippen LogP contribution in [-0.4, -0.2) is 71.2 Å². The Morgan fingerprint density at radius 3 is 2.47 bits per heavy atom. The van der Waals surface area contributed by atoms with Gasteiger partial charge in [0.05, 0.1) is 0 Å². The molecule has 36 heavy (non-hydrogen) atoms. The van der Waals surface area contributed by atoms with Crippen LogP contribution in [0.5, 0.6) is 0 Å². The molecule has 3 atom stereocenters. The number of hydrogen-bond donors (Lipinski definition) is 3. The lowest BCUT2D eigenvalue weighted by atomic mass is 9.89. The fraction of sp³-hybridized carbons (Fsp3) is 0.500. The number of nitrogens with zero attached hydrogens (tertiary/aromatic N) is 5. The highest BCUT2D eigenvalue weighted by molar-refractivity contribution is 5.96. The van der Waals surface area contributed by atoms with Gasteiger partial charge < -0.3 is 26.2 Å². The molecule has 4 N–H and O–H groups in total. The molecule has 2 amide bonds. The monoisotopic (exact) mass is 492 g/mol. The summed E-state index contributed by atoms with van der Waals surface area (Å²) in [5.74, 6) is 0.516. The standard InChI is InChI=1S/C26H36N8O2/c1-5-22(35)29-20-10-11-21(16(20)2)34(4)26-30-25(23(24(27)36)31-32-26)28-19-8-6-17(7-9-19)18-12-14-33(3)15-13-18/h5-9,16,18,20-21H,1,10-15H2,2-4H3,(H2,27,36)(H,29,35)(H,28,30,32)/t16-,20?,21+/m0/s1. The Morgan fingerprint density at radius 1 is 1.14 bits per heavy atom. The highest BCUT2D eigenvalue weighted by Gasteiger charge is 2.37. The summed E-state index contributed by atoms with van der Waals surface area (Å²) in [6, 6.07) is 8.39. The average molecular weight is 493 g/mol. The molecule has 192 valence electrons. The molecule has 10 heteroatoms. The minimum Gasteiger partial charge on any atom is -0.364 e. The molecule has 10 nitrogen and oxygen atoms in total. The predicted molar refractivity (Wildman–Crippen MR) is 140 cm³/mol. The number of anilines is 3. The number of nitrogens with two attached hydrogens (primary N) is 1. The molecule has 1 saturated carbocycles. The molecule has 1 aliphatic carbocycles. The second-order valence-electron chi connectivity index (χ2n) is 9.93. The van der Waals surface area contributed by atoms with Gasteiger partial charge in [0.15, 0.2) is 11.5 Å². The highest BCUT2D eigenvalue weighted by Crippen LogP contribution is 2.32. The molecule has 1 aromatic carbocycles. The number of amides is 2. The molecular formula is C26H36N8O2. The number of rotatable bonds is 8. The van der Waals surface area contributed by atoms with Gasteiger partial charge in [0.25, 0.3) is 5.91 Å². The van der Waals surface area contributed by atoms with Crippen LogP contribution in [0.1, 0.15) is 54.6 Å². The first-order chi connectivity index (χ1) is 17.3. The van der Waals surface area contributed by atoms with Gasteiger partial charge in [-0.25, -0.2) is 0 Å². The number of hydrogen-bond acceptors (Lipinski definition) is 8. The van der Waals surface area contributed by atoms with Crippen molar-refractivity contribution in [2.45, 2.75) is 50.6 Å². The highest BCUT2D eigenvalue weighted by atomic mass is 16.2. The van der Waals surface area contributed by atoms with E-state index < -0.39 is 5.91 Å². The van der Waals surface area contributed by atoms with Gasteiger partial charge in [-0.05, 0) is 81.4 Å². The van der Waals surface area contributed by atoms with Gasteiger partial charge in [-0.3, -0.25) is 9.59 Å². The zero-order valence-electron chi connectivity index (χ0n) is 21.3. The average Bonchev–Trinajstić information content (AvgIpc) is 3.24. The molecule has 2 aromatic rings. The third kappa shape index (κ3) is 5.64. The maximum Gasteiger partial charge on any atom is 0.273 e. The summed E-state index contributed by atoms with van der Waals surface area (Å²) >= 11 is 0. The lowest BCUT2D eigenvalue weighted by molar-refractivity contribution is -0.117. The van der Waals surface area contributed by atoms with E-state index in [-0.39, 0.29) is 35.4 Å². The normalized spacial score (nSPS) is 22.7. The first kappa shape index (κ1) is 25.6. The second-order valence-corrected chi connectivity index (χ2v) is 9.93. The molecule has 0 bridgehead atoms. The largest absolute Gasteiger partial charge is 0.364 e. The summed E-state index contributed by atoms with van der Waals surface area (Å²) in [4.78, 5) is 32.7. The van der Waals surface area contributed by atoms with Crippen molar-refractivity contribution < 1.29 is 9.59 Å². The van der Waals surface area contributed by atoms with Crippen LogP contribution in [0.2, 0.25) is 0 Å². The quantitative estimate of drug-likeness (QED) is 0.479. The topological polar surface area (TPSA) is 129 Å². The van der Waals surface area contributed by atoms with Gasteiger partial charge in [0.1, 0.15) is 0 Å². The van der Waals surface area contributed by atoms with Crippen molar-refractivity contribution in [2.24, 2.45) is 11.7 Å². The number of piperidine rings is 1. The van der Waals surface area contributed by atoms with Gasteiger partial charge in [-0.15, -0.1) is 10.2 Å². The maximum absolute atomic E-state index is 12.0. The van der Waals surface area contributed by atoms with Crippen LogP contribution >= 0.6 is 0 Å². The van der Waals surface area contributed by atoms with Crippen LogP contribution in [0, 0.1) is 5.92 Å². The molecule has 2 heterocycles. The van der Waals surface area contributed by atoms with E-state index in [1.54, 1.807) is 0 Å². The summed E-state index contributed by atoms with van der Waals surface area (Å²) in [7, 11) is 4.06. The number of likely N-dealkylation sites (tertiary alicyclic amines) is 1. The van der Waals surface area contributed by atoms with E-state index in [0.29, 0.717) is 11.9 Å². The molecular weight excluding hydrogens is 456 g/mol. The van der Waals surface area contributed by atoms with Crippen molar-refractivity contribution in [3.05, 3.63) is 48.2 Å². The van der Waals surface area contributed by atoms with E-state index in [1.165, 1.54) is 11.6 Å². The predicted octanol–water partition coefficient (Wildman–Crippen LogP) is 2.43. The smallest absolute Gasteiger partial charge is 0.273 e. The lowest BCUT2D eigenvalue weighted by Gasteiger charge is -2.30. The summed E-state index contributed by atoms with van der Waals surface area (Å²) < 4.78 is 0. The van der Waals surface area contributed by atoms with Crippen LogP contribution in [0.3, 0.4) is 0 Å². The van der Waals surface area contributed by atoms with E-state index in [2.05, 4.69) is 63.4 Å². The zero-order chi connectivity index (χ0) is 25.8. The third-order valence-electron chi connectivity index (χ3n) is 7.61. The lowest BCUT2D eigenvalue weighted by Crippen LogP contribution is -2.42. The molecule has 0 spiro atoms. The van der Waals surface area contributed by atoms with Crippen LogP contribution < -0.4 is 21.3 Å². The fourth-order valence-electron chi connectivity index (χ4n) is 5.32. The SMILES string of the molecule is C=CC(=O)NC1CC[C@@H](N(C)c2nnc(C(N)=O)c(Nc3ccc(C4CCN(C)CC4)cc3)n2)[C@H]1C. The van der Waals surface area contributed by atoms with Crippen molar-refractivity contribution in [3.63, 3.8) is 0 Å². The van der Waals surface area contributed by atoms with Crippen LogP contribution in [0.4, 0.5) is 17.5 Å². The van der Waals surface area contributed by atoms with Gasteiger partial charge in [0, 0.05) is 24.8 Å². The number of benzene rings is 1. The van der Waals surface area contributed by atoms with Crippen molar-refractivity contribution in [1.82, 2.24) is 25.4 Å². The molecule has 1 saturated heterocycles. The van der Waals surface area contributed by atoms with Crippen LogP contribution in [-0.2, 0) is 4.79 Å². The zero-order valence-corrected chi connectivity index (χ0v) is 21.3. The molecule has 0 radical (unpaired) electrons. The van der Waals surface area contributed by atoms with Crippen molar-refractivity contribution in [2.75, 3.05) is 37.4 Å². The number of carbonyl (C=O) groups is 2. The Balaban J connectivity index is 1.50. The molecule has 2 fully saturated rings. The molecule has 1 aromatic heterocycles. The van der Waals surface area contributed by atoms with E-state index in [9.17, 15) is 9.59 Å². The van der Waals surface area contributed by atoms with E-state index in [0.717, 1.165) is 44.5 Å². The summed E-state index contributed by atoms with van der Waals surface area (Å²) in [6.07, 6.45) is 5.30.